The van der Waals surface area contributed by atoms with Gasteiger partial charge in [-0.2, -0.15) is 5.10 Å². The van der Waals surface area contributed by atoms with Gasteiger partial charge in [0.1, 0.15) is 6.21 Å². The minimum atomic E-state index is -0.488. The summed E-state index contributed by atoms with van der Waals surface area (Å²) in [6.45, 7) is 2.37. The number of hydrogen-bond donors (Lipinski definition) is 2. The zero-order valence-electron chi connectivity index (χ0n) is 6.41. The molecule has 0 aromatic carbocycles. The van der Waals surface area contributed by atoms with E-state index in [-0.39, 0.29) is 6.61 Å². The number of aliphatic hydroxyl groups is 1. The van der Waals surface area contributed by atoms with Crippen LogP contribution in [0.5, 0.6) is 0 Å². The Balaban J connectivity index is 3.32. The monoisotopic (exact) mass is 160 g/mol. The highest BCUT2D eigenvalue weighted by atomic mass is 16.5. The number of carbonyl (C=O) groups is 1. The van der Waals surface area contributed by atoms with Crippen LogP contribution in [0.25, 0.3) is 0 Å². The van der Waals surface area contributed by atoms with Gasteiger partial charge in [0, 0.05) is 0 Å². The topological polar surface area (TPSA) is 70.9 Å². The number of esters is 1. The largest absolute Gasteiger partial charge is 0.462 e. The number of ether oxygens (including phenoxy) is 1. The van der Waals surface area contributed by atoms with Crippen LogP contribution in [0.15, 0.2) is 5.10 Å². The van der Waals surface area contributed by atoms with Crippen LogP contribution in [0.1, 0.15) is 6.92 Å². The zero-order chi connectivity index (χ0) is 8.53. The Bertz CT molecular complexity index is 136. The van der Waals surface area contributed by atoms with Crippen LogP contribution in [-0.2, 0) is 9.53 Å². The van der Waals surface area contributed by atoms with Crippen molar-refractivity contribution in [2.75, 3.05) is 19.8 Å². The molecule has 0 aromatic heterocycles. The average molecular weight is 160 g/mol. The number of hydrazone groups is 1. The molecule has 2 N–H and O–H groups in total. The molecule has 0 aliphatic carbocycles. The molecule has 0 saturated carbocycles. The number of rotatable bonds is 5. The Labute approximate surface area is 65.0 Å². The molecule has 11 heavy (non-hydrogen) atoms. The molecule has 0 rings (SSSR count). The second kappa shape index (κ2) is 7.01. The summed E-state index contributed by atoms with van der Waals surface area (Å²) in [5.41, 5.74) is 2.44. The van der Waals surface area contributed by atoms with Gasteiger partial charge in [-0.05, 0) is 6.92 Å². The molecule has 5 heteroatoms. The van der Waals surface area contributed by atoms with Crippen molar-refractivity contribution in [3.63, 3.8) is 0 Å². The van der Waals surface area contributed by atoms with Gasteiger partial charge < -0.3 is 15.3 Å². The molecule has 64 valence electrons. The minimum Gasteiger partial charge on any atom is -0.462 e. The third kappa shape index (κ3) is 6.79. The minimum absolute atomic E-state index is 0.0137. The maximum Gasteiger partial charge on any atom is 0.351 e. The molecule has 0 aromatic rings. The van der Waals surface area contributed by atoms with Gasteiger partial charge in [0.2, 0.25) is 0 Å². The highest BCUT2D eigenvalue weighted by Gasteiger charge is 1.92. The molecule has 0 aliphatic rings. The Hall–Kier alpha value is -1.10. The molecular formula is C6H12N2O3. The fraction of sp³-hybridized carbons (Fsp3) is 0.667. The maximum atomic E-state index is 10.5. The summed E-state index contributed by atoms with van der Waals surface area (Å²) in [5.74, 6) is -0.488. The Morgan fingerprint density at radius 3 is 3.09 bits per heavy atom. The van der Waals surface area contributed by atoms with Crippen LogP contribution in [0.3, 0.4) is 0 Å². The Kier molecular flexibility index (Phi) is 6.31. The molecule has 0 radical (unpaired) electrons. The standard InChI is InChI=1S/C6H12N2O3/c1-2-11-6(10)5-8-7-3-4-9/h5,7,9H,2-4H2,1H3/b8-5+. The van der Waals surface area contributed by atoms with E-state index < -0.39 is 5.97 Å². The fourth-order valence-corrected chi connectivity index (χ4v) is 0.392. The van der Waals surface area contributed by atoms with Gasteiger partial charge in [0.25, 0.3) is 0 Å². The Morgan fingerprint density at radius 2 is 2.55 bits per heavy atom. The van der Waals surface area contributed by atoms with Crippen molar-refractivity contribution in [3.05, 3.63) is 0 Å². The molecule has 5 nitrogen and oxygen atoms in total. The number of nitrogens with one attached hydrogen (secondary N) is 1. The molecular weight excluding hydrogens is 148 g/mol. The van der Waals surface area contributed by atoms with E-state index in [2.05, 4.69) is 15.3 Å². The van der Waals surface area contributed by atoms with E-state index in [0.717, 1.165) is 6.21 Å². The lowest BCUT2D eigenvalue weighted by Gasteiger charge is -1.95. The summed E-state index contributed by atoms with van der Waals surface area (Å²) in [6, 6.07) is 0. The summed E-state index contributed by atoms with van der Waals surface area (Å²) >= 11 is 0. The first-order valence-electron chi connectivity index (χ1n) is 3.34. The molecule has 0 spiro atoms. The third-order valence-corrected chi connectivity index (χ3v) is 0.771. The molecule has 0 bridgehead atoms. The van der Waals surface area contributed by atoms with Crippen LogP contribution in [-0.4, -0.2) is 37.0 Å². The lowest BCUT2D eigenvalue weighted by atomic mass is 10.7. The van der Waals surface area contributed by atoms with Gasteiger partial charge in [-0.25, -0.2) is 4.79 Å². The summed E-state index contributed by atoms with van der Waals surface area (Å²) in [5, 5.41) is 11.8. The van der Waals surface area contributed by atoms with Crippen molar-refractivity contribution >= 4 is 12.2 Å². The molecule has 0 heterocycles. The summed E-state index contributed by atoms with van der Waals surface area (Å²) in [6.07, 6.45) is 1.03. The van der Waals surface area contributed by atoms with E-state index in [9.17, 15) is 4.79 Å². The van der Waals surface area contributed by atoms with Crippen LogP contribution >= 0.6 is 0 Å². The first-order chi connectivity index (χ1) is 5.31. The highest BCUT2D eigenvalue weighted by molar-refractivity contribution is 6.23. The maximum absolute atomic E-state index is 10.5. The van der Waals surface area contributed by atoms with Gasteiger partial charge in [0.05, 0.1) is 19.8 Å². The second-order valence-corrected chi connectivity index (χ2v) is 1.64. The van der Waals surface area contributed by atoms with Crippen molar-refractivity contribution in [1.82, 2.24) is 5.43 Å². The van der Waals surface area contributed by atoms with Crippen LogP contribution < -0.4 is 5.43 Å². The Morgan fingerprint density at radius 1 is 1.82 bits per heavy atom. The number of nitrogens with zero attached hydrogens (tertiary/aromatic N) is 1. The van der Waals surface area contributed by atoms with E-state index in [4.69, 9.17) is 5.11 Å². The van der Waals surface area contributed by atoms with Crippen LogP contribution in [0, 0.1) is 0 Å². The predicted molar refractivity (Wildman–Crippen MR) is 40.2 cm³/mol. The van der Waals surface area contributed by atoms with E-state index in [1.807, 2.05) is 0 Å². The van der Waals surface area contributed by atoms with Gasteiger partial charge in [-0.15, -0.1) is 0 Å². The van der Waals surface area contributed by atoms with Crippen molar-refractivity contribution in [1.29, 1.82) is 0 Å². The normalized spacial score (nSPS) is 10.0. The number of carbonyl (C=O) groups excluding carboxylic acids is 1. The highest BCUT2D eigenvalue weighted by Crippen LogP contribution is 1.71. The van der Waals surface area contributed by atoms with E-state index >= 15 is 0 Å². The van der Waals surface area contributed by atoms with E-state index in [1.165, 1.54) is 0 Å². The van der Waals surface area contributed by atoms with Crippen LogP contribution in [0.4, 0.5) is 0 Å². The smallest absolute Gasteiger partial charge is 0.351 e. The third-order valence-electron chi connectivity index (χ3n) is 0.771. The second-order valence-electron chi connectivity index (χ2n) is 1.64. The molecule has 0 unspecified atom stereocenters. The van der Waals surface area contributed by atoms with Gasteiger partial charge >= 0.3 is 5.97 Å². The molecule has 0 saturated heterocycles. The van der Waals surface area contributed by atoms with Gasteiger partial charge in [0.15, 0.2) is 0 Å². The molecule has 0 amide bonds. The number of hydrogen-bond acceptors (Lipinski definition) is 5. The van der Waals surface area contributed by atoms with Crippen molar-refractivity contribution in [2.45, 2.75) is 6.92 Å². The lowest BCUT2D eigenvalue weighted by molar-refractivity contribution is -0.134. The van der Waals surface area contributed by atoms with Crippen molar-refractivity contribution < 1.29 is 14.6 Å². The van der Waals surface area contributed by atoms with Crippen molar-refractivity contribution in [2.24, 2.45) is 5.10 Å². The van der Waals surface area contributed by atoms with E-state index in [0.29, 0.717) is 13.2 Å². The average Bonchev–Trinajstić information content (AvgIpc) is 1.99. The summed E-state index contributed by atoms with van der Waals surface area (Å²) in [4.78, 5) is 10.5. The SMILES string of the molecule is CCOC(=O)/C=N/NCCO. The first-order valence-corrected chi connectivity index (χ1v) is 3.34. The van der Waals surface area contributed by atoms with Gasteiger partial charge in [-0.1, -0.05) is 0 Å². The first kappa shape index (κ1) is 9.90. The summed E-state index contributed by atoms with van der Waals surface area (Å²) < 4.78 is 4.53. The molecule has 0 aliphatic heterocycles. The van der Waals surface area contributed by atoms with Crippen molar-refractivity contribution in [3.8, 4) is 0 Å². The predicted octanol–water partition coefficient (Wildman–Crippen LogP) is -0.883. The number of aliphatic hydroxyl groups excluding tert-OH is 1. The van der Waals surface area contributed by atoms with Crippen LogP contribution in [0.2, 0.25) is 0 Å². The summed E-state index contributed by atoms with van der Waals surface area (Å²) in [7, 11) is 0. The quantitative estimate of drug-likeness (QED) is 0.237. The lowest BCUT2D eigenvalue weighted by Crippen LogP contribution is -2.14. The molecule has 0 atom stereocenters. The van der Waals surface area contributed by atoms with Gasteiger partial charge in [-0.3, -0.25) is 0 Å². The molecule has 0 fully saturated rings. The fourth-order valence-electron chi connectivity index (χ4n) is 0.392. The van der Waals surface area contributed by atoms with E-state index in [1.54, 1.807) is 6.92 Å². The zero-order valence-corrected chi connectivity index (χ0v) is 6.41.